The lowest BCUT2D eigenvalue weighted by Crippen LogP contribution is -2.42. The van der Waals surface area contributed by atoms with E-state index in [2.05, 4.69) is 44.9 Å². The largest absolute Gasteiger partial charge is 0.397 e. The van der Waals surface area contributed by atoms with E-state index in [1.165, 1.54) is 0 Å². The zero-order valence-electron chi connectivity index (χ0n) is 11.7. The Balaban J connectivity index is 2.59. The van der Waals surface area contributed by atoms with Gasteiger partial charge >= 0.3 is 0 Å². The van der Waals surface area contributed by atoms with Gasteiger partial charge < -0.3 is 11.1 Å². The van der Waals surface area contributed by atoms with Gasteiger partial charge in [-0.3, -0.25) is 4.98 Å². The van der Waals surface area contributed by atoms with Gasteiger partial charge in [0.2, 0.25) is 0 Å². The van der Waals surface area contributed by atoms with Gasteiger partial charge in [0.15, 0.2) is 0 Å². The summed E-state index contributed by atoms with van der Waals surface area (Å²) < 4.78 is 0. The molecule has 1 rings (SSSR count). The van der Waals surface area contributed by atoms with Crippen LogP contribution >= 0.6 is 0 Å². The number of hydrogen-bond acceptors (Lipinski definition) is 3. The Bertz CT molecular complexity index is 364. The van der Waals surface area contributed by atoms with E-state index < -0.39 is 0 Å². The minimum absolute atomic E-state index is 0.0855. The van der Waals surface area contributed by atoms with E-state index in [-0.39, 0.29) is 5.54 Å². The number of nitrogen functional groups attached to an aromatic ring is 1. The molecule has 0 fully saturated rings. The van der Waals surface area contributed by atoms with E-state index in [0.717, 1.165) is 24.3 Å². The molecular formula is C14H25N3. The van der Waals surface area contributed by atoms with Gasteiger partial charge in [0, 0.05) is 18.3 Å². The number of anilines is 1. The number of nitrogens with two attached hydrogens (primary N) is 1. The monoisotopic (exact) mass is 235 g/mol. The first-order valence-electron chi connectivity index (χ1n) is 6.14. The Morgan fingerprint density at radius 2 is 1.88 bits per heavy atom. The maximum absolute atomic E-state index is 5.87. The molecule has 0 atom stereocenters. The lowest BCUT2D eigenvalue weighted by Gasteiger charge is -2.33. The van der Waals surface area contributed by atoms with Crippen LogP contribution in [0.25, 0.3) is 0 Å². The predicted molar refractivity (Wildman–Crippen MR) is 73.6 cm³/mol. The van der Waals surface area contributed by atoms with Crippen molar-refractivity contribution in [1.82, 2.24) is 10.3 Å². The molecular weight excluding hydrogens is 210 g/mol. The van der Waals surface area contributed by atoms with Gasteiger partial charge in [-0.2, -0.15) is 0 Å². The minimum atomic E-state index is 0.0855. The molecule has 0 amide bonds. The van der Waals surface area contributed by atoms with Crippen LogP contribution in [0.15, 0.2) is 18.3 Å². The second-order valence-electron chi connectivity index (χ2n) is 6.51. The van der Waals surface area contributed by atoms with E-state index in [9.17, 15) is 0 Å². The third-order valence-corrected chi connectivity index (χ3v) is 2.63. The Morgan fingerprint density at radius 1 is 1.24 bits per heavy atom. The summed E-state index contributed by atoms with van der Waals surface area (Å²) in [5.41, 5.74) is 7.95. The van der Waals surface area contributed by atoms with E-state index in [1.807, 2.05) is 12.1 Å². The molecule has 3 nitrogen and oxygen atoms in total. The van der Waals surface area contributed by atoms with Crippen LogP contribution in [0.2, 0.25) is 0 Å². The van der Waals surface area contributed by atoms with E-state index in [4.69, 9.17) is 5.73 Å². The standard InChI is InChI=1S/C14H25N3/c1-13(2,3)10-14(4,5)17-9-12-11(15)7-6-8-16-12/h6-8,17H,9-10,15H2,1-5H3. The van der Waals surface area contributed by atoms with Gasteiger partial charge in [-0.15, -0.1) is 0 Å². The zero-order valence-corrected chi connectivity index (χ0v) is 11.7. The molecule has 0 aliphatic heterocycles. The topological polar surface area (TPSA) is 50.9 Å². The molecule has 0 bridgehead atoms. The molecule has 1 heterocycles. The highest BCUT2D eigenvalue weighted by Gasteiger charge is 2.24. The van der Waals surface area contributed by atoms with Crippen molar-refractivity contribution in [2.75, 3.05) is 5.73 Å². The average molecular weight is 235 g/mol. The van der Waals surface area contributed by atoms with Gasteiger partial charge in [0.05, 0.1) is 11.4 Å². The second kappa shape index (κ2) is 5.05. The highest BCUT2D eigenvalue weighted by Crippen LogP contribution is 2.27. The van der Waals surface area contributed by atoms with E-state index in [1.54, 1.807) is 6.20 Å². The summed E-state index contributed by atoms with van der Waals surface area (Å²) >= 11 is 0. The fraction of sp³-hybridized carbons (Fsp3) is 0.643. The fourth-order valence-electron chi connectivity index (χ4n) is 2.31. The molecule has 0 spiro atoms. The first kappa shape index (κ1) is 14.0. The number of rotatable bonds is 4. The summed E-state index contributed by atoms with van der Waals surface area (Å²) in [7, 11) is 0. The molecule has 3 heteroatoms. The van der Waals surface area contributed by atoms with Gasteiger partial charge in [0.25, 0.3) is 0 Å². The number of nitrogens with zero attached hydrogens (tertiary/aromatic N) is 1. The molecule has 0 aliphatic rings. The van der Waals surface area contributed by atoms with Crippen LogP contribution in [0.4, 0.5) is 5.69 Å². The summed E-state index contributed by atoms with van der Waals surface area (Å²) in [6.07, 6.45) is 2.89. The van der Waals surface area contributed by atoms with Gasteiger partial charge in [-0.1, -0.05) is 20.8 Å². The summed E-state index contributed by atoms with van der Waals surface area (Å²) in [5.74, 6) is 0. The highest BCUT2D eigenvalue weighted by atomic mass is 15.0. The first-order chi connectivity index (χ1) is 7.70. The molecule has 0 unspecified atom stereocenters. The van der Waals surface area contributed by atoms with Gasteiger partial charge in [-0.25, -0.2) is 0 Å². The van der Waals surface area contributed by atoms with Crippen LogP contribution in [0.3, 0.4) is 0 Å². The SMILES string of the molecule is CC(C)(C)CC(C)(C)NCc1ncccc1N. The minimum Gasteiger partial charge on any atom is -0.397 e. The van der Waals surface area contributed by atoms with Crippen LogP contribution in [-0.2, 0) is 6.54 Å². The smallest absolute Gasteiger partial charge is 0.0770 e. The number of pyridine rings is 1. The van der Waals surface area contributed by atoms with Crippen molar-refractivity contribution < 1.29 is 0 Å². The maximum Gasteiger partial charge on any atom is 0.0770 e. The van der Waals surface area contributed by atoms with Crippen molar-refractivity contribution in [2.24, 2.45) is 5.41 Å². The molecule has 0 aliphatic carbocycles. The molecule has 1 aromatic heterocycles. The van der Waals surface area contributed by atoms with Gasteiger partial charge in [0.1, 0.15) is 0 Å². The number of hydrogen-bond donors (Lipinski definition) is 2. The Kier molecular flexibility index (Phi) is 4.15. The zero-order chi connectivity index (χ0) is 13.1. The average Bonchev–Trinajstić information content (AvgIpc) is 2.13. The molecule has 17 heavy (non-hydrogen) atoms. The maximum atomic E-state index is 5.87. The van der Waals surface area contributed by atoms with Crippen molar-refractivity contribution in [2.45, 2.75) is 53.1 Å². The van der Waals surface area contributed by atoms with Gasteiger partial charge in [-0.05, 0) is 37.8 Å². The van der Waals surface area contributed by atoms with Crippen molar-refractivity contribution >= 4 is 5.69 Å². The van der Waals surface area contributed by atoms with E-state index in [0.29, 0.717) is 5.41 Å². The van der Waals surface area contributed by atoms with Crippen molar-refractivity contribution in [3.8, 4) is 0 Å². The third kappa shape index (κ3) is 5.18. The Morgan fingerprint density at radius 3 is 2.41 bits per heavy atom. The quantitative estimate of drug-likeness (QED) is 0.843. The van der Waals surface area contributed by atoms with Crippen molar-refractivity contribution in [1.29, 1.82) is 0 Å². The van der Waals surface area contributed by atoms with Crippen molar-refractivity contribution in [3.05, 3.63) is 24.0 Å². The third-order valence-electron chi connectivity index (χ3n) is 2.63. The molecule has 0 aromatic carbocycles. The molecule has 0 saturated heterocycles. The van der Waals surface area contributed by atoms with Crippen LogP contribution in [0, 0.1) is 5.41 Å². The van der Waals surface area contributed by atoms with Crippen LogP contribution in [0.1, 0.15) is 46.7 Å². The van der Waals surface area contributed by atoms with Crippen LogP contribution in [-0.4, -0.2) is 10.5 Å². The number of aromatic nitrogens is 1. The Hall–Kier alpha value is -1.09. The molecule has 1 aromatic rings. The number of nitrogens with one attached hydrogen (secondary N) is 1. The lowest BCUT2D eigenvalue weighted by atomic mass is 9.82. The van der Waals surface area contributed by atoms with Crippen molar-refractivity contribution in [3.63, 3.8) is 0 Å². The second-order valence-corrected chi connectivity index (χ2v) is 6.51. The molecule has 0 saturated carbocycles. The Labute approximate surface area is 105 Å². The summed E-state index contributed by atoms with van der Waals surface area (Å²) in [5, 5.41) is 3.53. The molecule has 3 N–H and O–H groups in total. The predicted octanol–water partition coefficient (Wildman–Crippen LogP) is 2.97. The van der Waals surface area contributed by atoms with E-state index >= 15 is 0 Å². The summed E-state index contributed by atoms with van der Waals surface area (Å²) in [6.45, 7) is 11.9. The first-order valence-corrected chi connectivity index (χ1v) is 6.14. The lowest BCUT2D eigenvalue weighted by molar-refractivity contribution is 0.240. The molecule has 0 radical (unpaired) electrons. The molecule has 96 valence electrons. The van der Waals surface area contributed by atoms with Crippen LogP contribution in [0.5, 0.6) is 0 Å². The summed E-state index contributed by atoms with van der Waals surface area (Å²) in [4.78, 5) is 4.29. The highest BCUT2D eigenvalue weighted by molar-refractivity contribution is 5.41. The van der Waals surface area contributed by atoms with Crippen LogP contribution < -0.4 is 11.1 Å². The summed E-state index contributed by atoms with van der Waals surface area (Å²) in [6, 6.07) is 3.75. The normalized spacial score (nSPS) is 12.8. The fourth-order valence-corrected chi connectivity index (χ4v) is 2.31.